The van der Waals surface area contributed by atoms with Crippen molar-refractivity contribution in [3.05, 3.63) is 80.8 Å². The summed E-state index contributed by atoms with van der Waals surface area (Å²) in [7, 11) is 0. The minimum atomic E-state index is -0.708. The molecule has 0 radical (unpaired) electrons. The SMILES string of the molecule is CCOc1ccc(Cc2nc(CC)c(C3CCN(C[C@H]4CN([C@@H](C(=O)O)C(C)(C)C)C[C@@H]4c4cccc(C)c4)CC3)s2)cc1. The number of carboxylic acid groups (broad SMARTS) is 1. The van der Waals surface area contributed by atoms with Crippen molar-refractivity contribution in [1.29, 1.82) is 0 Å². The molecule has 0 aliphatic carbocycles. The fourth-order valence-corrected chi connectivity index (χ4v) is 8.83. The maximum atomic E-state index is 12.4. The van der Waals surface area contributed by atoms with Gasteiger partial charge in [0.25, 0.3) is 0 Å². The van der Waals surface area contributed by atoms with E-state index in [2.05, 4.69) is 92.9 Å². The van der Waals surface area contributed by atoms with Crippen LogP contribution in [0.3, 0.4) is 0 Å². The van der Waals surface area contributed by atoms with Gasteiger partial charge in [0, 0.05) is 36.9 Å². The van der Waals surface area contributed by atoms with Crippen molar-refractivity contribution in [3.63, 3.8) is 0 Å². The van der Waals surface area contributed by atoms with Crippen LogP contribution < -0.4 is 4.74 Å². The highest BCUT2D eigenvalue weighted by Crippen LogP contribution is 2.40. The van der Waals surface area contributed by atoms with Gasteiger partial charge in [0.1, 0.15) is 11.8 Å². The van der Waals surface area contributed by atoms with Crippen molar-refractivity contribution in [2.24, 2.45) is 11.3 Å². The van der Waals surface area contributed by atoms with Gasteiger partial charge in [-0.3, -0.25) is 9.69 Å². The van der Waals surface area contributed by atoms with Crippen LogP contribution in [-0.2, 0) is 17.6 Å². The summed E-state index contributed by atoms with van der Waals surface area (Å²) in [5, 5.41) is 11.4. The maximum Gasteiger partial charge on any atom is 0.321 e. The molecule has 44 heavy (non-hydrogen) atoms. The lowest BCUT2D eigenvalue weighted by Gasteiger charge is -2.36. The fourth-order valence-electron chi connectivity index (χ4n) is 7.47. The molecule has 6 nitrogen and oxygen atoms in total. The van der Waals surface area contributed by atoms with Crippen LogP contribution in [0.25, 0.3) is 0 Å². The van der Waals surface area contributed by atoms with Gasteiger partial charge in [-0.1, -0.05) is 69.7 Å². The Morgan fingerprint density at radius 1 is 1.09 bits per heavy atom. The van der Waals surface area contributed by atoms with Gasteiger partial charge in [-0.15, -0.1) is 11.3 Å². The van der Waals surface area contributed by atoms with Crippen LogP contribution in [0.15, 0.2) is 48.5 Å². The normalized spacial score (nSPS) is 21.0. The molecule has 0 spiro atoms. The Bertz CT molecular complexity index is 1390. The summed E-state index contributed by atoms with van der Waals surface area (Å²) < 4.78 is 5.61. The van der Waals surface area contributed by atoms with Gasteiger partial charge in [-0.05, 0) is 86.7 Å². The molecule has 7 heteroatoms. The number of aliphatic carboxylic acids is 1. The van der Waals surface area contributed by atoms with E-state index in [0.29, 0.717) is 24.4 Å². The number of hydrogen-bond donors (Lipinski definition) is 1. The second-order valence-corrected chi connectivity index (χ2v) is 15.1. The van der Waals surface area contributed by atoms with E-state index in [-0.39, 0.29) is 5.41 Å². The van der Waals surface area contributed by atoms with Gasteiger partial charge in [-0.25, -0.2) is 4.98 Å². The molecule has 2 aromatic carbocycles. The van der Waals surface area contributed by atoms with E-state index in [9.17, 15) is 9.90 Å². The molecule has 0 bridgehead atoms. The fraction of sp³-hybridized carbons (Fsp3) is 0.568. The molecular formula is C37H51N3O3S. The van der Waals surface area contributed by atoms with E-state index >= 15 is 0 Å². The van der Waals surface area contributed by atoms with Gasteiger partial charge >= 0.3 is 5.97 Å². The van der Waals surface area contributed by atoms with Crippen LogP contribution in [0.2, 0.25) is 0 Å². The lowest BCUT2D eigenvalue weighted by molar-refractivity contribution is -0.147. The number of benzene rings is 2. The van der Waals surface area contributed by atoms with Crippen LogP contribution >= 0.6 is 11.3 Å². The first-order valence-corrected chi connectivity index (χ1v) is 17.3. The zero-order valence-electron chi connectivity index (χ0n) is 27.5. The number of hydrogen-bond acceptors (Lipinski definition) is 6. The number of carboxylic acids is 1. The number of likely N-dealkylation sites (tertiary alicyclic amines) is 2. The largest absolute Gasteiger partial charge is 0.494 e. The molecule has 2 aliphatic rings. The van der Waals surface area contributed by atoms with Gasteiger partial charge in [0.05, 0.1) is 17.3 Å². The van der Waals surface area contributed by atoms with Crippen LogP contribution in [0.4, 0.5) is 0 Å². The second-order valence-electron chi connectivity index (χ2n) is 13.9. The van der Waals surface area contributed by atoms with Gasteiger partial charge in [0.15, 0.2) is 0 Å². The molecule has 2 fully saturated rings. The number of ether oxygens (including phenoxy) is 1. The standard InChI is InChI=1S/C37H51N3O3S/c1-7-32-34(44-33(38-32)21-26-12-14-30(15-13-26)43-8-2)27-16-18-39(19-17-27)22-29-23-40(35(36(41)42)37(4,5)6)24-31(29)28-11-9-10-25(3)20-28/h9-15,20,27,29,31,35H,7-8,16-19,21-24H2,1-6H3,(H,41,42)/t29-,31+,35-/m0/s1. The molecule has 0 unspecified atom stereocenters. The summed E-state index contributed by atoms with van der Waals surface area (Å²) in [6.07, 6.45) is 4.16. The Morgan fingerprint density at radius 2 is 1.82 bits per heavy atom. The summed E-state index contributed by atoms with van der Waals surface area (Å²) in [6, 6.07) is 16.8. The van der Waals surface area contributed by atoms with Gasteiger partial charge in [-0.2, -0.15) is 0 Å². The molecule has 0 amide bonds. The van der Waals surface area contributed by atoms with Crippen molar-refractivity contribution in [2.45, 2.75) is 85.1 Å². The summed E-state index contributed by atoms with van der Waals surface area (Å²) in [5.41, 5.74) is 4.85. The van der Waals surface area contributed by atoms with Gasteiger partial charge < -0.3 is 14.7 Å². The Morgan fingerprint density at radius 3 is 2.43 bits per heavy atom. The van der Waals surface area contributed by atoms with Crippen molar-refractivity contribution in [1.82, 2.24) is 14.8 Å². The zero-order valence-corrected chi connectivity index (χ0v) is 28.3. The van der Waals surface area contributed by atoms with Crippen molar-refractivity contribution in [2.75, 3.05) is 39.3 Å². The van der Waals surface area contributed by atoms with Crippen LogP contribution in [0, 0.1) is 18.3 Å². The maximum absolute atomic E-state index is 12.4. The Balaban J connectivity index is 1.25. The molecule has 2 saturated heterocycles. The molecule has 3 atom stereocenters. The van der Waals surface area contributed by atoms with Crippen LogP contribution in [0.5, 0.6) is 5.75 Å². The lowest BCUT2D eigenvalue weighted by Crippen LogP contribution is -2.48. The predicted octanol–water partition coefficient (Wildman–Crippen LogP) is 7.40. The second kappa shape index (κ2) is 14.1. The third kappa shape index (κ3) is 7.72. The van der Waals surface area contributed by atoms with Crippen LogP contribution in [-0.4, -0.2) is 71.2 Å². The Labute approximate surface area is 268 Å². The average Bonchev–Trinajstić information content (AvgIpc) is 3.57. The highest BCUT2D eigenvalue weighted by Gasteiger charge is 2.44. The molecule has 0 saturated carbocycles. The smallest absolute Gasteiger partial charge is 0.321 e. The van der Waals surface area contributed by atoms with E-state index in [0.717, 1.165) is 64.2 Å². The van der Waals surface area contributed by atoms with E-state index in [4.69, 9.17) is 9.72 Å². The first kappa shape index (κ1) is 32.6. The minimum Gasteiger partial charge on any atom is -0.494 e. The van der Waals surface area contributed by atoms with E-state index < -0.39 is 12.0 Å². The lowest BCUT2D eigenvalue weighted by atomic mass is 9.85. The number of piperidine rings is 1. The molecule has 3 heterocycles. The number of carbonyl (C=O) groups is 1. The van der Waals surface area contributed by atoms with E-state index in [1.165, 1.54) is 32.3 Å². The first-order valence-electron chi connectivity index (χ1n) is 16.5. The molecule has 1 aromatic heterocycles. The monoisotopic (exact) mass is 617 g/mol. The molecule has 5 rings (SSSR count). The van der Waals surface area contributed by atoms with E-state index in [1.54, 1.807) is 0 Å². The molecule has 2 aliphatic heterocycles. The third-order valence-corrected chi connectivity index (χ3v) is 10.8. The van der Waals surface area contributed by atoms with Crippen molar-refractivity contribution < 1.29 is 14.6 Å². The zero-order chi connectivity index (χ0) is 31.4. The summed E-state index contributed by atoms with van der Waals surface area (Å²) in [4.78, 5) is 23.9. The average molecular weight is 618 g/mol. The Kier molecular flexibility index (Phi) is 10.5. The highest BCUT2D eigenvalue weighted by atomic mass is 32.1. The Hall–Kier alpha value is -2.74. The molecule has 1 N–H and O–H groups in total. The van der Waals surface area contributed by atoms with E-state index in [1.807, 2.05) is 18.3 Å². The summed E-state index contributed by atoms with van der Waals surface area (Å²) in [5.74, 6) is 1.53. The minimum absolute atomic E-state index is 0.326. The molecule has 3 aromatic rings. The molecular weight excluding hydrogens is 566 g/mol. The summed E-state index contributed by atoms with van der Waals surface area (Å²) >= 11 is 1.92. The van der Waals surface area contributed by atoms with Crippen LogP contribution in [0.1, 0.15) is 91.6 Å². The first-order chi connectivity index (χ1) is 21.0. The van der Waals surface area contributed by atoms with Gasteiger partial charge in [0.2, 0.25) is 0 Å². The third-order valence-electron chi connectivity index (χ3n) is 9.51. The number of rotatable bonds is 11. The highest BCUT2D eigenvalue weighted by molar-refractivity contribution is 7.11. The number of thiazole rings is 1. The molecule has 238 valence electrons. The quantitative estimate of drug-likeness (QED) is 0.242. The van der Waals surface area contributed by atoms with Crippen molar-refractivity contribution in [3.8, 4) is 5.75 Å². The predicted molar refractivity (Wildman–Crippen MR) is 180 cm³/mol. The number of nitrogens with zero attached hydrogens (tertiary/aromatic N) is 3. The summed E-state index contributed by atoms with van der Waals surface area (Å²) in [6.45, 7) is 18.1. The number of aromatic nitrogens is 1. The topological polar surface area (TPSA) is 65.9 Å². The number of aryl methyl sites for hydroxylation is 2. The van der Waals surface area contributed by atoms with Crippen molar-refractivity contribution >= 4 is 17.3 Å².